The van der Waals surface area contributed by atoms with Crippen LogP contribution >= 0.6 is 0 Å². The van der Waals surface area contributed by atoms with Crippen molar-refractivity contribution in [2.75, 3.05) is 20.2 Å². The molecule has 0 saturated carbocycles. The number of esters is 1. The molecule has 126 valence electrons. The van der Waals surface area contributed by atoms with Gasteiger partial charge in [0.25, 0.3) is 0 Å². The Morgan fingerprint density at radius 3 is 2.43 bits per heavy atom. The van der Waals surface area contributed by atoms with Crippen molar-refractivity contribution < 1.29 is 19.1 Å². The summed E-state index contributed by atoms with van der Waals surface area (Å²) in [5, 5.41) is 2.78. The monoisotopic (exact) mass is 320 g/mol. The zero-order chi connectivity index (χ0) is 16.8. The lowest BCUT2D eigenvalue weighted by Gasteiger charge is -2.35. The van der Waals surface area contributed by atoms with Gasteiger partial charge in [0, 0.05) is 19.5 Å². The lowest BCUT2D eigenvalue weighted by Crippen LogP contribution is -2.55. The molecule has 0 bridgehead atoms. The SMILES string of the molecule is COC(=O)[C@H](Cc1ccccc1)NC(=O)N1C[C@@H](C)O[C@H](C)C1. The first kappa shape index (κ1) is 17.3. The summed E-state index contributed by atoms with van der Waals surface area (Å²) in [6.45, 7) is 4.88. The number of methoxy groups -OCH3 is 1. The van der Waals surface area contributed by atoms with E-state index in [1.54, 1.807) is 4.90 Å². The predicted molar refractivity (Wildman–Crippen MR) is 86.1 cm³/mol. The zero-order valence-electron chi connectivity index (χ0n) is 13.8. The highest BCUT2D eigenvalue weighted by Crippen LogP contribution is 2.11. The Hall–Kier alpha value is -2.08. The first-order chi connectivity index (χ1) is 11.0. The normalized spacial score (nSPS) is 22.3. The van der Waals surface area contributed by atoms with Crippen molar-refractivity contribution in [3.05, 3.63) is 35.9 Å². The Balaban J connectivity index is 2.02. The summed E-state index contributed by atoms with van der Waals surface area (Å²) in [7, 11) is 1.32. The molecule has 3 atom stereocenters. The number of nitrogens with zero attached hydrogens (tertiary/aromatic N) is 1. The van der Waals surface area contributed by atoms with Gasteiger partial charge in [-0.25, -0.2) is 9.59 Å². The molecule has 0 aliphatic carbocycles. The van der Waals surface area contributed by atoms with Crippen molar-refractivity contribution in [1.29, 1.82) is 0 Å². The van der Waals surface area contributed by atoms with Crippen LogP contribution in [-0.2, 0) is 20.7 Å². The van der Waals surface area contributed by atoms with Crippen molar-refractivity contribution in [2.45, 2.75) is 38.5 Å². The molecule has 1 saturated heterocycles. The van der Waals surface area contributed by atoms with Crippen LogP contribution in [0.2, 0.25) is 0 Å². The number of nitrogens with one attached hydrogen (secondary N) is 1. The molecule has 1 N–H and O–H groups in total. The van der Waals surface area contributed by atoms with E-state index in [2.05, 4.69) is 5.32 Å². The average Bonchev–Trinajstić information content (AvgIpc) is 2.53. The first-order valence-corrected chi connectivity index (χ1v) is 7.82. The third kappa shape index (κ3) is 4.96. The number of ether oxygens (including phenoxy) is 2. The smallest absolute Gasteiger partial charge is 0.328 e. The molecular weight excluding hydrogens is 296 g/mol. The summed E-state index contributed by atoms with van der Waals surface area (Å²) < 4.78 is 10.4. The fourth-order valence-electron chi connectivity index (χ4n) is 2.77. The number of carbonyl (C=O) groups is 2. The highest BCUT2D eigenvalue weighted by atomic mass is 16.5. The number of amides is 2. The van der Waals surface area contributed by atoms with E-state index in [0.29, 0.717) is 19.5 Å². The molecule has 0 radical (unpaired) electrons. The zero-order valence-corrected chi connectivity index (χ0v) is 13.8. The van der Waals surface area contributed by atoms with E-state index >= 15 is 0 Å². The highest BCUT2D eigenvalue weighted by Gasteiger charge is 2.29. The van der Waals surface area contributed by atoms with Gasteiger partial charge in [0.2, 0.25) is 0 Å². The van der Waals surface area contributed by atoms with E-state index < -0.39 is 12.0 Å². The quantitative estimate of drug-likeness (QED) is 0.856. The van der Waals surface area contributed by atoms with Crippen molar-refractivity contribution in [3.63, 3.8) is 0 Å². The molecule has 1 fully saturated rings. The summed E-state index contributed by atoms with van der Waals surface area (Å²) in [5.74, 6) is -0.448. The molecule has 1 heterocycles. The topological polar surface area (TPSA) is 67.9 Å². The van der Waals surface area contributed by atoms with Crippen LogP contribution in [0.4, 0.5) is 4.79 Å². The van der Waals surface area contributed by atoms with Gasteiger partial charge in [-0.3, -0.25) is 0 Å². The van der Waals surface area contributed by atoms with Crippen LogP contribution in [0.25, 0.3) is 0 Å². The molecule has 0 unspecified atom stereocenters. The highest BCUT2D eigenvalue weighted by molar-refractivity contribution is 5.84. The van der Waals surface area contributed by atoms with Gasteiger partial charge in [0.15, 0.2) is 0 Å². The molecule has 6 nitrogen and oxygen atoms in total. The van der Waals surface area contributed by atoms with Gasteiger partial charge in [-0.15, -0.1) is 0 Å². The first-order valence-electron chi connectivity index (χ1n) is 7.82. The number of urea groups is 1. The lowest BCUT2D eigenvalue weighted by molar-refractivity contribution is -0.142. The fraction of sp³-hybridized carbons (Fsp3) is 0.529. The van der Waals surface area contributed by atoms with Gasteiger partial charge < -0.3 is 19.7 Å². The summed E-state index contributed by atoms with van der Waals surface area (Å²) in [5.41, 5.74) is 0.965. The van der Waals surface area contributed by atoms with Gasteiger partial charge in [-0.2, -0.15) is 0 Å². The Kier molecular flexibility index (Phi) is 5.98. The molecule has 1 aromatic carbocycles. The third-order valence-electron chi connectivity index (χ3n) is 3.77. The molecule has 2 amide bonds. The molecule has 1 aliphatic rings. The van der Waals surface area contributed by atoms with Crippen LogP contribution < -0.4 is 5.32 Å². The molecular formula is C17H24N2O4. The summed E-state index contributed by atoms with van der Waals surface area (Å²) >= 11 is 0. The van der Waals surface area contributed by atoms with E-state index in [1.165, 1.54) is 7.11 Å². The van der Waals surface area contributed by atoms with Crippen LogP contribution in [0.15, 0.2) is 30.3 Å². The Morgan fingerprint density at radius 1 is 1.26 bits per heavy atom. The number of morpholine rings is 1. The standard InChI is InChI=1S/C17H24N2O4/c1-12-10-19(11-13(2)23-12)17(21)18-15(16(20)22-3)9-14-7-5-4-6-8-14/h4-8,12-13,15H,9-11H2,1-3H3,(H,18,21)/t12-,13-,15+/m1/s1. The van der Waals surface area contributed by atoms with Crippen molar-refractivity contribution >= 4 is 12.0 Å². The summed E-state index contributed by atoms with van der Waals surface area (Å²) in [4.78, 5) is 26.1. The van der Waals surface area contributed by atoms with Gasteiger partial charge in [0.1, 0.15) is 6.04 Å². The van der Waals surface area contributed by atoms with Crippen LogP contribution in [0, 0.1) is 0 Å². The van der Waals surface area contributed by atoms with E-state index in [0.717, 1.165) is 5.56 Å². The molecule has 23 heavy (non-hydrogen) atoms. The van der Waals surface area contributed by atoms with Gasteiger partial charge in [-0.1, -0.05) is 30.3 Å². The minimum atomic E-state index is -0.705. The van der Waals surface area contributed by atoms with Gasteiger partial charge in [0.05, 0.1) is 19.3 Å². The van der Waals surface area contributed by atoms with Crippen LogP contribution in [-0.4, -0.2) is 55.3 Å². The number of carbonyl (C=O) groups excluding carboxylic acids is 2. The van der Waals surface area contributed by atoms with Crippen LogP contribution in [0.1, 0.15) is 19.4 Å². The summed E-state index contributed by atoms with van der Waals surface area (Å²) in [6.07, 6.45) is 0.361. The van der Waals surface area contributed by atoms with E-state index in [9.17, 15) is 9.59 Å². The van der Waals surface area contributed by atoms with Crippen molar-refractivity contribution in [2.24, 2.45) is 0 Å². The Morgan fingerprint density at radius 2 is 1.87 bits per heavy atom. The minimum absolute atomic E-state index is 0.0183. The van der Waals surface area contributed by atoms with Crippen molar-refractivity contribution in [1.82, 2.24) is 10.2 Å². The van der Waals surface area contributed by atoms with Crippen LogP contribution in [0.3, 0.4) is 0 Å². The number of rotatable bonds is 4. The second-order valence-corrected chi connectivity index (χ2v) is 5.88. The second-order valence-electron chi connectivity index (χ2n) is 5.88. The molecule has 2 rings (SSSR count). The van der Waals surface area contributed by atoms with E-state index in [4.69, 9.17) is 9.47 Å². The molecule has 0 aromatic heterocycles. The maximum atomic E-state index is 12.5. The summed E-state index contributed by atoms with van der Waals surface area (Å²) in [6, 6.07) is 8.57. The second kappa shape index (κ2) is 7.97. The Bertz CT molecular complexity index is 525. The van der Waals surface area contributed by atoms with Crippen LogP contribution in [0.5, 0.6) is 0 Å². The van der Waals surface area contributed by atoms with E-state index in [-0.39, 0.29) is 18.2 Å². The predicted octanol–water partition coefficient (Wildman–Crippen LogP) is 1.59. The maximum absolute atomic E-state index is 12.5. The van der Waals surface area contributed by atoms with E-state index in [1.807, 2.05) is 44.2 Å². The molecule has 1 aliphatic heterocycles. The lowest BCUT2D eigenvalue weighted by atomic mass is 10.1. The number of hydrogen-bond donors (Lipinski definition) is 1. The maximum Gasteiger partial charge on any atom is 0.328 e. The molecule has 0 spiro atoms. The number of hydrogen-bond acceptors (Lipinski definition) is 4. The fourth-order valence-corrected chi connectivity index (χ4v) is 2.77. The van der Waals surface area contributed by atoms with Gasteiger partial charge in [-0.05, 0) is 19.4 Å². The largest absolute Gasteiger partial charge is 0.467 e. The van der Waals surface area contributed by atoms with Crippen molar-refractivity contribution in [3.8, 4) is 0 Å². The molecule has 6 heteroatoms. The number of benzene rings is 1. The Labute approximate surface area is 136 Å². The van der Waals surface area contributed by atoms with Gasteiger partial charge >= 0.3 is 12.0 Å². The minimum Gasteiger partial charge on any atom is -0.467 e. The third-order valence-corrected chi connectivity index (χ3v) is 3.77. The average molecular weight is 320 g/mol. The molecule has 1 aromatic rings.